The van der Waals surface area contributed by atoms with Crippen LogP contribution >= 0.6 is 0 Å². The average Bonchev–Trinajstić information content (AvgIpc) is 2.58. The molecule has 4 nitrogen and oxygen atoms in total. The quantitative estimate of drug-likeness (QED) is 0.799. The van der Waals surface area contributed by atoms with E-state index in [9.17, 15) is 0 Å². The van der Waals surface area contributed by atoms with Gasteiger partial charge in [-0.3, -0.25) is 4.98 Å². The molecule has 0 aromatic carbocycles. The maximum absolute atomic E-state index is 5.76. The van der Waals surface area contributed by atoms with Crippen LogP contribution in [0.4, 0.5) is 0 Å². The van der Waals surface area contributed by atoms with Crippen LogP contribution in [0.25, 0.3) is 11.0 Å². The summed E-state index contributed by atoms with van der Waals surface area (Å²) in [6.45, 7) is 4.78. The van der Waals surface area contributed by atoms with Crippen molar-refractivity contribution in [3.63, 3.8) is 0 Å². The van der Waals surface area contributed by atoms with E-state index in [4.69, 9.17) is 5.73 Å². The minimum Gasteiger partial charge on any atom is -0.329 e. The molecule has 0 spiro atoms. The average molecular weight is 204 g/mol. The zero-order valence-corrected chi connectivity index (χ0v) is 9.36. The van der Waals surface area contributed by atoms with Crippen LogP contribution in [0.3, 0.4) is 0 Å². The van der Waals surface area contributed by atoms with Gasteiger partial charge in [0.25, 0.3) is 0 Å². The molecule has 4 heteroatoms. The van der Waals surface area contributed by atoms with Gasteiger partial charge in [0, 0.05) is 25.2 Å². The third kappa shape index (κ3) is 1.51. The molecule has 0 saturated carbocycles. The molecule has 2 heterocycles. The minimum absolute atomic E-state index is 0.103. The number of hydrogen-bond donors (Lipinski definition) is 1. The highest BCUT2D eigenvalue weighted by Crippen LogP contribution is 2.24. The number of imidazole rings is 1. The van der Waals surface area contributed by atoms with Crippen molar-refractivity contribution >= 4 is 11.0 Å². The zero-order chi connectivity index (χ0) is 11.1. The molecule has 2 aromatic heterocycles. The summed E-state index contributed by atoms with van der Waals surface area (Å²) in [4.78, 5) is 8.70. The molecule has 2 N–H and O–H groups in total. The summed E-state index contributed by atoms with van der Waals surface area (Å²) in [7, 11) is 2.00. The Labute approximate surface area is 89.1 Å². The van der Waals surface area contributed by atoms with E-state index in [-0.39, 0.29) is 5.41 Å². The Morgan fingerprint density at radius 2 is 2.20 bits per heavy atom. The largest absolute Gasteiger partial charge is 0.329 e. The topological polar surface area (TPSA) is 56.7 Å². The number of fused-ring (bicyclic) bond motifs is 1. The second-order valence-corrected chi connectivity index (χ2v) is 4.45. The number of nitrogens with zero attached hydrogens (tertiary/aromatic N) is 3. The van der Waals surface area contributed by atoms with E-state index < -0.39 is 0 Å². The fraction of sp³-hybridized carbons (Fsp3) is 0.455. The van der Waals surface area contributed by atoms with Crippen molar-refractivity contribution < 1.29 is 0 Å². The Morgan fingerprint density at radius 3 is 2.80 bits per heavy atom. The first kappa shape index (κ1) is 10.1. The normalized spacial score (nSPS) is 12.3. The summed E-state index contributed by atoms with van der Waals surface area (Å²) in [5.74, 6) is 1.01. The summed E-state index contributed by atoms with van der Waals surface area (Å²) >= 11 is 0. The Kier molecular flexibility index (Phi) is 2.23. The van der Waals surface area contributed by atoms with Gasteiger partial charge in [-0.05, 0) is 6.07 Å². The van der Waals surface area contributed by atoms with Crippen LogP contribution in [-0.2, 0) is 12.5 Å². The number of nitrogens with two attached hydrogens (primary N) is 1. The smallest absolute Gasteiger partial charge is 0.116 e. The highest BCUT2D eigenvalue weighted by Gasteiger charge is 2.24. The fourth-order valence-corrected chi connectivity index (χ4v) is 1.73. The first-order valence-corrected chi connectivity index (χ1v) is 5.03. The van der Waals surface area contributed by atoms with E-state index in [0.29, 0.717) is 6.54 Å². The lowest BCUT2D eigenvalue weighted by Crippen LogP contribution is -2.31. The van der Waals surface area contributed by atoms with E-state index in [1.165, 1.54) is 0 Å². The Hall–Kier alpha value is -1.42. The summed E-state index contributed by atoms with van der Waals surface area (Å²) in [5, 5.41) is 0. The van der Waals surface area contributed by atoms with Crippen molar-refractivity contribution in [1.29, 1.82) is 0 Å². The monoisotopic (exact) mass is 204 g/mol. The molecule has 0 saturated heterocycles. The van der Waals surface area contributed by atoms with Crippen molar-refractivity contribution in [3.05, 3.63) is 24.3 Å². The number of aromatic nitrogens is 3. The van der Waals surface area contributed by atoms with Gasteiger partial charge in [0.2, 0.25) is 0 Å². The standard InChI is InChI=1S/C11H16N4/c1-11(2,7-12)10-14-8-4-5-13-6-9(8)15(10)3/h4-6H,7,12H2,1-3H3. The molecule has 0 bridgehead atoms. The SMILES string of the molecule is Cn1c(C(C)(C)CN)nc2ccncc21. The van der Waals surface area contributed by atoms with Gasteiger partial charge in [0.15, 0.2) is 0 Å². The van der Waals surface area contributed by atoms with Crippen molar-refractivity contribution in [1.82, 2.24) is 14.5 Å². The maximum Gasteiger partial charge on any atom is 0.116 e. The first-order chi connectivity index (χ1) is 7.06. The summed E-state index contributed by atoms with van der Waals surface area (Å²) in [5.41, 5.74) is 7.68. The van der Waals surface area contributed by atoms with Gasteiger partial charge < -0.3 is 10.3 Å². The van der Waals surface area contributed by atoms with E-state index in [1.54, 1.807) is 6.20 Å². The second kappa shape index (κ2) is 3.31. The predicted molar refractivity (Wildman–Crippen MR) is 60.6 cm³/mol. The second-order valence-electron chi connectivity index (χ2n) is 4.45. The van der Waals surface area contributed by atoms with E-state index in [2.05, 4.69) is 28.4 Å². The van der Waals surface area contributed by atoms with Gasteiger partial charge in [0.1, 0.15) is 5.82 Å². The van der Waals surface area contributed by atoms with Crippen LogP contribution in [0.15, 0.2) is 18.5 Å². The van der Waals surface area contributed by atoms with E-state index in [1.807, 2.05) is 19.3 Å². The number of pyridine rings is 1. The van der Waals surface area contributed by atoms with Gasteiger partial charge in [-0.25, -0.2) is 4.98 Å². The number of hydrogen-bond acceptors (Lipinski definition) is 3. The molecule has 0 aliphatic heterocycles. The molecule has 2 rings (SSSR count). The van der Waals surface area contributed by atoms with Crippen molar-refractivity contribution in [3.8, 4) is 0 Å². The van der Waals surface area contributed by atoms with Crippen LogP contribution < -0.4 is 5.73 Å². The third-order valence-electron chi connectivity index (χ3n) is 2.80. The number of aryl methyl sites for hydroxylation is 1. The lowest BCUT2D eigenvalue weighted by molar-refractivity contribution is 0.487. The van der Waals surface area contributed by atoms with Gasteiger partial charge in [0.05, 0.1) is 17.2 Å². The predicted octanol–water partition coefficient (Wildman–Crippen LogP) is 1.20. The molecule has 0 aliphatic carbocycles. The molecule has 0 aliphatic rings. The van der Waals surface area contributed by atoms with Crippen LogP contribution in [-0.4, -0.2) is 21.1 Å². The van der Waals surface area contributed by atoms with Crippen LogP contribution in [0.5, 0.6) is 0 Å². The molecular weight excluding hydrogens is 188 g/mol. The van der Waals surface area contributed by atoms with Gasteiger partial charge in [-0.2, -0.15) is 0 Å². The molecule has 0 amide bonds. The molecule has 2 aromatic rings. The van der Waals surface area contributed by atoms with Crippen molar-refractivity contribution in [2.75, 3.05) is 6.54 Å². The molecule has 0 unspecified atom stereocenters. The Morgan fingerprint density at radius 1 is 1.47 bits per heavy atom. The fourth-order valence-electron chi connectivity index (χ4n) is 1.73. The van der Waals surface area contributed by atoms with Crippen LogP contribution in [0.1, 0.15) is 19.7 Å². The molecule has 0 radical (unpaired) electrons. The molecule has 0 fully saturated rings. The lowest BCUT2D eigenvalue weighted by Gasteiger charge is -2.21. The zero-order valence-electron chi connectivity index (χ0n) is 9.36. The van der Waals surface area contributed by atoms with Crippen LogP contribution in [0, 0.1) is 0 Å². The summed E-state index contributed by atoms with van der Waals surface area (Å²) in [6, 6.07) is 1.92. The Balaban J connectivity index is 2.68. The molecular formula is C11H16N4. The molecule has 80 valence electrons. The lowest BCUT2D eigenvalue weighted by atomic mass is 9.93. The highest BCUT2D eigenvalue weighted by molar-refractivity contribution is 5.74. The van der Waals surface area contributed by atoms with Gasteiger partial charge in [-0.1, -0.05) is 13.8 Å². The van der Waals surface area contributed by atoms with E-state index in [0.717, 1.165) is 16.9 Å². The van der Waals surface area contributed by atoms with Crippen LogP contribution in [0.2, 0.25) is 0 Å². The minimum atomic E-state index is -0.103. The highest BCUT2D eigenvalue weighted by atomic mass is 15.1. The Bertz CT molecular complexity index is 484. The van der Waals surface area contributed by atoms with Crippen molar-refractivity contribution in [2.24, 2.45) is 12.8 Å². The summed E-state index contributed by atoms with van der Waals surface area (Å²) in [6.07, 6.45) is 3.59. The van der Waals surface area contributed by atoms with Gasteiger partial charge >= 0.3 is 0 Å². The van der Waals surface area contributed by atoms with Gasteiger partial charge in [-0.15, -0.1) is 0 Å². The van der Waals surface area contributed by atoms with E-state index >= 15 is 0 Å². The molecule has 15 heavy (non-hydrogen) atoms. The summed E-state index contributed by atoms with van der Waals surface area (Å²) < 4.78 is 2.06. The van der Waals surface area contributed by atoms with Crippen molar-refractivity contribution in [2.45, 2.75) is 19.3 Å². The first-order valence-electron chi connectivity index (χ1n) is 5.03. The number of rotatable bonds is 2. The molecule has 0 atom stereocenters. The maximum atomic E-state index is 5.76. The third-order valence-corrected chi connectivity index (χ3v) is 2.80.